The number of nitrogens with one attached hydrogen (secondary N) is 1. The summed E-state index contributed by atoms with van der Waals surface area (Å²) in [6, 6.07) is 8.92. The van der Waals surface area contributed by atoms with Gasteiger partial charge in [0.05, 0.1) is 12.9 Å². The number of ether oxygens (including phenoxy) is 1. The average molecular weight is 285 g/mol. The van der Waals surface area contributed by atoms with Gasteiger partial charge in [-0.2, -0.15) is 0 Å². The molecule has 112 valence electrons. The molecule has 1 fully saturated rings. The van der Waals surface area contributed by atoms with E-state index in [9.17, 15) is 0 Å². The van der Waals surface area contributed by atoms with Gasteiger partial charge in [-0.15, -0.1) is 0 Å². The largest absolute Gasteiger partial charge is 0.380 e. The lowest BCUT2D eigenvalue weighted by atomic mass is 10.1. The van der Waals surface area contributed by atoms with Gasteiger partial charge >= 0.3 is 0 Å². The molecule has 0 bridgehead atoms. The van der Waals surface area contributed by atoms with Crippen LogP contribution in [0.25, 0.3) is 5.69 Å². The molecule has 1 aromatic heterocycles. The third-order valence-electron chi connectivity index (χ3n) is 3.94. The minimum atomic E-state index is 0.339. The lowest BCUT2D eigenvalue weighted by molar-refractivity contribution is 0.124. The highest BCUT2D eigenvalue weighted by Gasteiger charge is 2.20. The number of benzene rings is 1. The molecule has 0 spiro atoms. The molecule has 0 amide bonds. The molecule has 2 aromatic rings. The zero-order chi connectivity index (χ0) is 14.5. The summed E-state index contributed by atoms with van der Waals surface area (Å²) < 4.78 is 7.65. The van der Waals surface area contributed by atoms with Gasteiger partial charge < -0.3 is 14.6 Å². The Hall–Kier alpha value is -1.65. The molecule has 4 nitrogen and oxygen atoms in total. The van der Waals surface area contributed by atoms with Crippen LogP contribution in [0, 0.1) is 5.92 Å². The molecular formula is C17H23N3O. The lowest BCUT2D eigenvalue weighted by Crippen LogP contribution is -2.23. The van der Waals surface area contributed by atoms with Gasteiger partial charge in [0.25, 0.3) is 0 Å². The van der Waals surface area contributed by atoms with Crippen molar-refractivity contribution >= 4 is 0 Å². The van der Waals surface area contributed by atoms with Crippen molar-refractivity contribution in [3.63, 3.8) is 0 Å². The van der Waals surface area contributed by atoms with Crippen molar-refractivity contribution < 1.29 is 4.74 Å². The Morgan fingerprint density at radius 2 is 2.14 bits per heavy atom. The summed E-state index contributed by atoms with van der Waals surface area (Å²) in [5.41, 5.74) is 2.43. The Labute approximate surface area is 126 Å². The molecule has 1 unspecified atom stereocenters. The van der Waals surface area contributed by atoms with Crippen molar-refractivity contribution in [1.29, 1.82) is 0 Å². The Morgan fingerprint density at radius 1 is 1.33 bits per heavy atom. The molecule has 1 aliphatic carbocycles. The fraction of sp³-hybridized carbons (Fsp3) is 0.471. The zero-order valence-electron chi connectivity index (χ0n) is 12.5. The van der Waals surface area contributed by atoms with E-state index in [0.29, 0.717) is 6.04 Å². The van der Waals surface area contributed by atoms with E-state index in [-0.39, 0.29) is 0 Å². The summed E-state index contributed by atoms with van der Waals surface area (Å²) in [6.45, 7) is 4.83. The predicted molar refractivity (Wildman–Crippen MR) is 83.5 cm³/mol. The highest BCUT2D eigenvalue weighted by atomic mass is 16.5. The summed E-state index contributed by atoms with van der Waals surface area (Å²) in [6.07, 6.45) is 8.27. The van der Waals surface area contributed by atoms with Gasteiger partial charge in [0.1, 0.15) is 0 Å². The molecule has 1 aliphatic rings. The van der Waals surface area contributed by atoms with Crippen molar-refractivity contribution in [2.75, 3.05) is 19.8 Å². The van der Waals surface area contributed by atoms with E-state index in [0.717, 1.165) is 31.4 Å². The van der Waals surface area contributed by atoms with Gasteiger partial charge in [-0.05, 0) is 43.4 Å². The highest BCUT2D eigenvalue weighted by molar-refractivity contribution is 5.35. The number of nitrogens with zero attached hydrogens (tertiary/aromatic N) is 2. The molecule has 21 heavy (non-hydrogen) atoms. The van der Waals surface area contributed by atoms with Crippen LogP contribution in [0.5, 0.6) is 0 Å². The zero-order valence-corrected chi connectivity index (χ0v) is 12.5. The van der Waals surface area contributed by atoms with Crippen molar-refractivity contribution in [2.45, 2.75) is 25.8 Å². The first-order chi connectivity index (χ1) is 10.3. The first kappa shape index (κ1) is 14.3. The Kier molecular flexibility index (Phi) is 4.68. The van der Waals surface area contributed by atoms with E-state index in [1.807, 2.05) is 17.1 Å². The molecule has 4 heteroatoms. The monoisotopic (exact) mass is 285 g/mol. The fourth-order valence-corrected chi connectivity index (χ4v) is 2.35. The summed E-state index contributed by atoms with van der Waals surface area (Å²) in [4.78, 5) is 4.07. The van der Waals surface area contributed by atoms with E-state index in [1.54, 1.807) is 6.20 Å². The topological polar surface area (TPSA) is 39.1 Å². The molecule has 0 aliphatic heterocycles. The van der Waals surface area contributed by atoms with Crippen molar-refractivity contribution in [3.05, 3.63) is 48.5 Å². The van der Waals surface area contributed by atoms with Crippen LogP contribution in [-0.4, -0.2) is 29.3 Å². The number of rotatable bonds is 8. The second-order valence-electron chi connectivity index (χ2n) is 5.76. The van der Waals surface area contributed by atoms with Crippen LogP contribution >= 0.6 is 0 Å². The van der Waals surface area contributed by atoms with Crippen molar-refractivity contribution in [2.24, 2.45) is 5.92 Å². The maximum absolute atomic E-state index is 5.64. The van der Waals surface area contributed by atoms with Crippen LogP contribution in [0.1, 0.15) is 31.4 Å². The smallest absolute Gasteiger partial charge is 0.0991 e. The molecule has 1 heterocycles. The van der Waals surface area contributed by atoms with Gasteiger partial charge in [0.15, 0.2) is 0 Å². The van der Waals surface area contributed by atoms with Gasteiger partial charge in [-0.25, -0.2) is 4.98 Å². The minimum absolute atomic E-state index is 0.339. The Balaban J connectivity index is 1.44. The number of imidazole rings is 1. The molecule has 0 radical (unpaired) electrons. The summed E-state index contributed by atoms with van der Waals surface area (Å²) >= 11 is 0. The fourth-order valence-electron chi connectivity index (χ4n) is 2.35. The molecule has 1 atom stereocenters. The first-order valence-corrected chi connectivity index (χ1v) is 7.72. The van der Waals surface area contributed by atoms with E-state index < -0.39 is 0 Å². The average Bonchev–Trinajstić information content (AvgIpc) is 3.18. The van der Waals surface area contributed by atoms with E-state index in [1.165, 1.54) is 18.4 Å². The number of hydrogen-bond donors (Lipinski definition) is 1. The van der Waals surface area contributed by atoms with Gasteiger partial charge in [0.2, 0.25) is 0 Å². The SMILES string of the molecule is CC(NCCOCC1CC1)c1ccc(-n2ccnc2)cc1. The normalized spacial score (nSPS) is 16.0. The van der Waals surface area contributed by atoms with Gasteiger partial charge in [-0.3, -0.25) is 0 Å². The van der Waals surface area contributed by atoms with Gasteiger partial charge in [-0.1, -0.05) is 12.1 Å². The molecule has 3 rings (SSSR count). The minimum Gasteiger partial charge on any atom is -0.380 e. The van der Waals surface area contributed by atoms with E-state index in [2.05, 4.69) is 41.5 Å². The van der Waals surface area contributed by atoms with Gasteiger partial charge in [0, 0.05) is 37.3 Å². The molecular weight excluding hydrogens is 262 g/mol. The Morgan fingerprint density at radius 3 is 2.81 bits per heavy atom. The second-order valence-corrected chi connectivity index (χ2v) is 5.76. The summed E-state index contributed by atoms with van der Waals surface area (Å²) in [5.74, 6) is 0.846. The second kappa shape index (κ2) is 6.87. The number of aromatic nitrogens is 2. The molecule has 1 saturated carbocycles. The maximum atomic E-state index is 5.64. The highest BCUT2D eigenvalue weighted by Crippen LogP contribution is 2.28. The lowest BCUT2D eigenvalue weighted by Gasteiger charge is -2.15. The first-order valence-electron chi connectivity index (χ1n) is 7.72. The molecule has 1 aromatic carbocycles. The van der Waals surface area contributed by atoms with Crippen LogP contribution in [0.4, 0.5) is 0 Å². The molecule has 1 N–H and O–H groups in total. The van der Waals surface area contributed by atoms with Crippen LogP contribution in [0.3, 0.4) is 0 Å². The summed E-state index contributed by atoms with van der Waals surface area (Å²) in [5, 5.41) is 3.50. The van der Waals surface area contributed by atoms with Crippen LogP contribution in [0.2, 0.25) is 0 Å². The quantitative estimate of drug-likeness (QED) is 0.758. The Bertz CT molecular complexity index is 532. The maximum Gasteiger partial charge on any atom is 0.0991 e. The number of hydrogen-bond acceptors (Lipinski definition) is 3. The third kappa shape index (κ3) is 4.16. The standard InChI is InChI=1S/C17H23N3O/c1-14(19-9-11-21-12-15-2-3-15)16-4-6-17(7-5-16)20-10-8-18-13-20/h4-8,10,13-15,19H,2-3,9,11-12H2,1H3. The summed E-state index contributed by atoms with van der Waals surface area (Å²) in [7, 11) is 0. The van der Waals surface area contributed by atoms with Crippen molar-refractivity contribution in [3.8, 4) is 5.69 Å². The van der Waals surface area contributed by atoms with Crippen LogP contribution < -0.4 is 5.32 Å². The van der Waals surface area contributed by atoms with E-state index >= 15 is 0 Å². The predicted octanol–water partition coefficient (Wildman–Crippen LogP) is 2.95. The van der Waals surface area contributed by atoms with Crippen molar-refractivity contribution in [1.82, 2.24) is 14.9 Å². The van der Waals surface area contributed by atoms with E-state index in [4.69, 9.17) is 4.74 Å². The van der Waals surface area contributed by atoms with Crippen LogP contribution in [-0.2, 0) is 4.74 Å². The molecule has 0 saturated heterocycles. The third-order valence-corrected chi connectivity index (χ3v) is 3.94. The van der Waals surface area contributed by atoms with Crippen LogP contribution in [0.15, 0.2) is 43.0 Å².